The van der Waals surface area contributed by atoms with E-state index in [0.29, 0.717) is 25.7 Å². The summed E-state index contributed by atoms with van der Waals surface area (Å²) < 4.78 is 38.0. The number of nitrogens with one attached hydrogen (secondary N) is 1. The second kappa shape index (κ2) is 6.93. The van der Waals surface area contributed by atoms with Crippen molar-refractivity contribution in [3.8, 4) is 0 Å². The van der Waals surface area contributed by atoms with E-state index >= 15 is 0 Å². The summed E-state index contributed by atoms with van der Waals surface area (Å²) in [6.45, 7) is 1.85. The molecule has 4 nitrogen and oxygen atoms in total. The number of ether oxygens (including phenoxy) is 2. The van der Waals surface area contributed by atoms with Gasteiger partial charge in [0.25, 0.3) is 0 Å². The quantitative estimate of drug-likeness (QED) is 0.925. The Labute approximate surface area is 134 Å². The highest BCUT2D eigenvalue weighted by Crippen LogP contribution is 2.37. The summed E-state index contributed by atoms with van der Waals surface area (Å²) in [4.78, 5) is 11.9. The third kappa shape index (κ3) is 4.06. The minimum atomic E-state index is -0.559. The molecule has 1 heterocycles. The van der Waals surface area contributed by atoms with Crippen LogP contribution in [0, 0.1) is 17.6 Å². The number of carbonyl (C=O) groups excluding carboxylic acids is 1. The third-order valence-electron chi connectivity index (χ3n) is 4.63. The van der Waals surface area contributed by atoms with Crippen LogP contribution in [0.2, 0.25) is 0 Å². The Morgan fingerprint density at radius 2 is 1.91 bits per heavy atom. The second-order valence-corrected chi connectivity index (χ2v) is 6.27. The number of hydrogen-bond donors (Lipinski definition) is 1. The lowest BCUT2D eigenvalue weighted by Crippen LogP contribution is -2.39. The molecule has 0 unspecified atom stereocenters. The maximum absolute atomic E-state index is 13.5. The Balaban J connectivity index is 1.44. The normalized spacial score (nSPS) is 20.8. The van der Waals surface area contributed by atoms with Crippen molar-refractivity contribution in [2.75, 3.05) is 19.8 Å². The molecule has 1 aliphatic heterocycles. The molecule has 2 fully saturated rings. The molecule has 126 valence electrons. The van der Waals surface area contributed by atoms with Crippen LogP contribution in [0.3, 0.4) is 0 Å². The lowest BCUT2D eigenvalue weighted by molar-refractivity contribution is -0.182. The van der Waals surface area contributed by atoms with E-state index in [1.54, 1.807) is 0 Å². The van der Waals surface area contributed by atoms with E-state index in [2.05, 4.69) is 5.32 Å². The summed E-state index contributed by atoms with van der Waals surface area (Å²) in [5.74, 6) is -1.41. The minimum absolute atomic E-state index is 0.0813. The number of amides is 1. The fourth-order valence-corrected chi connectivity index (χ4v) is 3.28. The van der Waals surface area contributed by atoms with Gasteiger partial charge in [0, 0.05) is 24.9 Å². The molecule has 23 heavy (non-hydrogen) atoms. The van der Waals surface area contributed by atoms with Gasteiger partial charge in [-0.05, 0) is 37.0 Å². The van der Waals surface area contributed by atoms with E-state index in [1.807, 2.05) is 0 Å². The standard InChI is InChI=1S/C17H21F2NO3/c18-14-1-2-15(19)13(9-14)10-16(21)20-11-12-3-5-17(6-4-12)22-7-8-23-17/h1-2,9,12H,3-8,10-11H2,(H,20,21). The van der Waals surface area contributed by atoms with E-state index in [1.165, 1.54) is 0 Å². The molecular formula is C17H21F2NO3. The smallest absolute Gasteiger partial charge is 0.224 e. The van der Waals surface area contributed by atoms with Crippen molar-refractivity contribution in [3.63, 3.8) is 0 Å². The fourth-order valence-electron chi connectivity index (χ4n) is 3.28. The molecule has 2 aliphatic rings. The molecular weight excluding hydrogens is 304 g/mol. The van der Waals surface area contributed by atoms with E-state index in [4.69, 9.17) is 9.47 Å². The zero-order valence-corrected chi connectivity index (χ0v) is 12.9. The van der Waals surface area contributed by atoms with E-state index in [-0.39, 0.29) is 17.9 Å². The molecule has 1 aromatic rings. The summed E-state index contributed by atoms with van der Waals surface area (Å²) in [6, 6.07) is 3.15. The first-order chi connectivity index (χ1) is 11.1. The molecule has 0 bridgehead atoms. The molecule has 1 saturated carbocycles. The van der Waals surface area contributed by atoms with E-state index < -0.39 is 17.4 Å². The van der Waals surface area contributed by atoms with Crippen molar-refractivity contribution >= 4 is 5.91 Å². The number of hydrogen-bond acceptors (Lipinski definition) is 3. The van der Waals surface area contributed by atoms with Crippen LogP contribution in [0.1, 0.15) is 31.2 Å². The molecule has 0 atom stereocenters. The Kier molecular flexibility index (Phi) is 4.92. The van der Waals surface area contributed by atoms with Crippen LogP contribution in [-0.4, -0.2) is 31.5 Å². The minimum Gasteiger partial charge on any atom is -0.356 e. The first-order valence-corrected chi connectivity index (χ1v) is 8.05. The van der Waals surface area contributed by atoms with Crippen LogP contribution in [0.4, 0.5) is 8.78 Å². The molecule has 1 amide bonds. The van der Waals surface area contributed by atoms with Gasteiger partial charge < -0.3 is 14.8 Å². The molecule has 1 saturated heterocycles. The fraction of sp³-hybridized carbons (Fsp3) is 0.588. The van der Waals surface area contributed by atoms with Crippen molar-refractivity contribution in [2.24, 2.45) is 5.92 Å². The summed E-state index contributed by atoms with van der Waals surface area (Å²) in [6.07, 6.45) is 3.38. The second-order valence-electron chi connectivity index (χ2n) is 6.27. The van der Waals surface area contributed by atoms with Crippen molar-refractivity contribution in [2.45, 2.75) is 37.9 Å². The lowest BCUT2D eigenvalue weighted by atomic mass is 9.85. The van der Waals surface area contributed by atoms with Crippen LogP contribution >= 0.6 is 0 Å². The zero-order chi connectivity index (χ0) is 16.3. The van der Waals surface area contributed by atoms with Crippen LogP contribution < -0.4 is 5.32 Å². The van der Waals surface area contributed by atoms with Crippen molar-refractivity contribution in [1.82, 2.24) is 5.32 Å². The van der Waals surface area contributed by atoms with Gasteiger partial charge in [-0.1, -0.05) is 0 Å². The van der Waals surface area contributed by atoms with Crippen molar-refractivity contribution in [3.05, 3.63) is 35.4 Å². The van der Waals surface area contributed by atoms with Gasteiger partial charge in [-0.25, -0.2) is 8.78 Å². The molecule has 3 rings (SSSR count). The van der Waals surface area contributed by atoms with Gasteiger partial charge in [0.1, 0.15) is 11.6 Å². The third-order valence-corrected chi connectivity index (χ3v) is 4.63. The van der Waals surface area contributed by atoms with Crippen molar-refractivity contribution < 1.29 is 23.0 Å². The highest BCUT2D eigenvalue weighted by Gasteiger charge is 2.40. The maximum Gasteiger partial charge on any atom is 0.224 e. The predicted octanol–water partition coefficient (Wildman–Crippen LogP) is 2.56. The Morgan fingerprint density at radius 3 is 2.61 bits per heavy atom. The predicted molar refractivity (Wildman–Crippen MR) is 79.7 cm³/mol. The molecule has 0 aromatic heterocycles. The topological polar surface area (TPSA) is 47.6 Å². The number of carbonyl (C=O) groups is 1. The van der Waals surface area contributed by atoms with Crippen LogP contribution in [0.25, 0.3) is 0 Å². The molecule has 1 aromatic carbocycles. The van der Waals surface area contributed by atoms with Gasteiger partial charge >= 0.3 is 0 Å². The van der Waals surface area contributed by atoms with Crippen LogP contribution in [0.5, 0.6) is 0 Å². The summed E-state index contributed by atoms with van der Waals surface area (Å²) in [5.41, 5.74) is 0.0813. The first-order valence-electron chi connectivity index (χ1n) is 8.05. The highest BCUT2D eigenvalue weighted by molar-refractivity contribution is 5.78. The summed E-state index contributed by atoms with van der Waals surface area (Å²) >= 11 is 0. The highest BCUT2D eigenvalue weighted by atomic mass is 19.1. The van der Waals surface area contributed by atoms with Gasteiger partial charge in [0.2, 0.25) is 5.91 Å². The van der Waals surface area contributed by atoms with Gasteiger partial charge in [-0.3, -0.25) is 4.79 Å². The van der Waals surface area contributed by atoms with Crippen LogP contribution in [0.15, 0.2) is 18.2 Å². The Hall–Kier alpha value is -1.53. The lowest BCUT2D eigenvalue weighted by Gasteiger charge is -2.35. The van der Waals surface area contributed by atoms with Gasteiger partial charge in [0.15, 0.2) is 5.79 Å². The maximum atomic E-state index is 13.5. The first kappa shape index (κ1) is 16.3. The Morgan fingerprint density at radius 1 is 1.22 bits per heavy atom. The van der Waals surface area contributed by atoms with Gasteiger partial charge in [-0.2, -0.15) is 0 Å². The zero-order valence-electron chi connectivity index (χ0n) is 12.9. The van der Waals surface area contributed by atoms with Crippen molar-refractivity contribution in [1.29, 1.82) is 0 Å². The largest absolute Gasteiger partial charge is 0.356 e. The molecule has 1 N–H and O–H groups in total. The SMILES string of the molecule is O=C(Cc1cc(F)ccc1F)NCC1CCC2(CC1)OCCO2. The number of rotatable bonds is 4. The average molecular weight is 325 g/mol. The van der Waals surface area contributed by atoms with Crippen LogP contribution in [-0.2, 0) is 20.7 Å². The van der Waals surface area contributed by atoms with E-state index in [0.717, 1.165) is 43.9 Å². The summed E-state index contributed by atoms with van der Waals surface area (Å²) in [5, 5.41) is 2.82. The average Bonchev–Trinajstić information content (AvgIpc) is 2.99. The molecule has 6 heteroatoms. The number of benzene rings is 1. The monoisotopic (exact) mass is 325 g/mol. The number of halogens is 2. The molecule has 0 radical (unpaired) electrons. The summed E-state index contributed by atoms with van der Waals surface area (Å²) in [7, 11) is 0. The van der Waals surface area contributed by atoms with Gasteiger partial charge in [0.05, 0.1) is 19.6 Å². The van der Waals surface area contributed by atoms with E-state index in [9.17, 15) is 13.6 Å². The van der Waals surface area contributed by atoms with Gasteiger partial charge in [-0.15, -0.1) is 0 Å². The molecule has 1 spiro atoms. The molecule has 1 aliphatic carbocycles. The Bertz CT molecular complexity index is 563.